The van der Waals surface area contributed by atoms with Gasteiger partial charge in [0.25, 0.3) is 10.0 Å². The number of anilines is 1. The van der Waals surface area contributed by atoms with E-state index in [2.05, 4.69) is 15.0 Å². The van der Waals surface area contributed by atoms with Gasteiger partial charge in [0.15, 0.2) is 0 Å². The van der Waals surface area contributed by atoms with E-state index in [1.165, 1.54) is 7.05 Å². The van der Waals surface area contributed by atoms with E-state index in [1.54, 1.807) is 12.1 Å². The molecule has 6 heteroatoms. The summed E-state index contributed by atoms with van der Waals surface area (Å²) >= 11 is 0. The maximum absolute atomic E-state index is 11.8. The molecule has 1 heterocycles. The minimum absolute atomic E-state index is 0.247. The Balaban J connectivity index is 2.71. The van der Waals surface area contributed by atoms with Crippen LogP contribution in [-0.4, -0.2) is 21.4 Å². The number of aryl methyl sites for hydroxylation is 1. The first kappa shape index (κ1) is 9.97. The van der Waals surface area contributed by atoms with Crippen LogP contribution in [0.4, 0.5) is 5.69 Å². The predicted octanol–water partition coefficient (Wildman–Crippen LogP) is 0.685. The summed E-state index contributed by atoms with van der Waals surface area (Å²) in [5.74, 6) is 0.247. The van der Waals surface area contributed by atoms with Gasteiger partial charge in [-0.1, -0.05) is 12.1 Å². The van der Waals surface area contributed by atoms with Crippen molar-refractivity contribution < 1.29 is 8.42 Å². The van der Waals surface area contributed by atoms with E-state index in [9.17, 15) is 8.42 Å². The van der Waals surface area contributed by atoms with Crippen molar-refractivity contribution in [2.45, 2.75) is 11.8 Å². The van der Waals surface area contributed by atoms with Crippen molar-refractivity contribution in [1.29, 1.82) is 0 Å². The molecule has 1 aromatic carbocycles. The normalized spacial score (nSPS) is 20.3. The van der Waals surface area contributed by atoms with E-state index < -0.39 is 10.0 Å². The Labute approximate surface area is 88.3 Å². The lowest BCUT2D eigenvalue weighted by atomic mass is 10.2. The first-order chi connectivity index (χ1) is 7.04. The second-order valence-corrected chi connectivity index (χ2v) is 4.90. The minimum atomic E-state index is -3.47. The van der Waals surface area contributed by atoms with Crippen LogP contribution in [-0.2, 0) is 10.0 Å². The number of benzene rings is 1. The monoisotopic (exact) mass is 225 g/mol. The Kier molecular flexibility index (Phi) is 2.15. The van der Waals surface area contributed by atoms with E-state index in [1.807, 2.05) is 13.0 Å². The number of para-hydroxylation sites is 1. The van der Waals surface area contributed by atoms with Crippen LogP contribution in [0.5, 0.6) is 0 Å². The van der Waals surface area contributed by atoms with E-state index >= 15 is 0 Å². The molecule has 0 saturated heterocycles. The third-order valence-corrected chi connectivity index (χ3v) is 3.60. The molecule has 80 valence electrons. The molecule has 0 atom stereocenters. The fraction of sp³-hybridized carbons (Fsp3) is 0.222. The summed E-state index contributed by atoms with van der Waals surface area (Å²) in [5.41, 5.74) is 1.47. The minimum Gasteiger partial charge on any atom is -0.324 e. The van der Waals surface area contributed by atoms with Crippen LogP contribution in [0.1, 0.15) is 5.56 Å². The van der Waals surface area contributed by atoms with Crippen molar-refractivity contribution >= 4 is 21.7 Å². The molecule has 2 rings (SSSR count). The summed E-state index contributed by atoms with van der Waals surface area (Å²) < 4.78 is 25.9. The first-order valence-corrected chi connectivity index (χ1v) is 5.89. The van der Waals surface area contributed by atoms with E-state index in [0.29, 0.717) is 5.69 Å². The number of sulfonamides is 1. The zero-order valence-electron chi connectivity index (χ0n) is 8.40. The van der Waals surface area contributed by atoms with Crippen LogP contribution in [0.25, 0.3) is 0 Å². The van der Waals surface area contributed by atoms with Crippen molar-refractivity contribution in [3.63, 3.8) is 0 Å². The van der Waals surface area contributed by atoms with Gasteiger partial charge >= 0.3 is 0 Å². The lowest BCUT2D eigenvalue weighted by Gasteiger charge is -2.22. The first-order valence-electron chi connectivity index (χ1n) is 4.41. The molecule has 1 aliphatic rings. The van der Waals surface area contributed by atoms with Gasteiger partial charge in [-0.3, -0.25) is 4.99 Å². The van der Waals surface area contributed by atoms with Gasteiger partial charge in [0.2, 0.25) is 5.96 Å². The number of hydrogen-bond donors (Lipinski definition) is 2. The Hall–Kier alpha value is -1.56. The van der Waals surface area contributed by atoms with Gasteiger partial charge in [0.1, 0.15) is 4.90 Å². The van der Waals surface area contributed by atoms with Gasteiger partial charge < -0.3 is 5.32 Å². The molecule has 1 aromatic rings. The maximum atomic E-state index is 11.8. The zero-order chi connectivity index (χ0) is 11.1. The van der Waals surface area contributed by atoms with Crippen LogP contribution >= 0.6 is 0 Å². The largest absolute Gasteiger partial charge is 0.324 e. The Bertz CT molecular complexity index is 534. The van der Waals surface area contributed by atoms with Crippen molar-refractivity contribution in [3.05, 3.63) is 23.8 Å². The van der Waals surface area contributed by atoms with E-state index in [4.69, 9.17) is 0 Å². The standard InChI is InChI=1S/C9H11N3O2S/c1-6-4-3-5-7-8(6)11-9(10-2)12-15(7,13)14/h3-5H,1-2H3,(H2,10,11,12). The van der Waals surface area contributed by atoms with Crippen LogP contribution in [0, 0.1) is 6.92 Å². The van der Waals surface area contributed by atoms with Gasteiger partial charge in [-0.15, -0.1) is 0 Å². The van der Waals surface area contributed by atoms with Gasteiger partial charge in [-0.2, -0.15) is 0 Å². The number of fused-ring (bicyclic) bond motifs is 1. The highest BCUT2D eigenvalue weighted by molar-refractivity contribution is 7.90. The molecule has 0 saturated carbocycles. The maximum Gasteiger partial charge on any atom is 0.266 e. The molecule has 1 aliphatic heterocycles. The van der Waals surface area contributed by atoms with Gasteiger partial charge in [0.05, 0.1) is 5.69 Å². The lowest BCUT2D eigenvalue weighted by Crippen LogP contribution is -2.40. The molecular formula is C9H11N3O2S. The average molecular weight is 225 g/mol. The summed E-state index contributed by atoms with van der Waals surface area (Å²) in [6.07, 6.45) is 0. The van der Waals surface area contributed by atoms with Crippen molar-refractivity contribution in [2.75, 3.05) is 12.4 Å². The summed E-state index contributed by atoms with van der Waals surface area (Å²) in [4.78, 5) is 4.06. The summed E-state index contributed by atoms with van der Waals surface area (Å²) in [7, 11) is -1.95. The van der Waals surface area contributed by atoms with E-state index in [-0.39, 0.29) is 10.9 Å². The smallest absolute Gasteiger partial charge is 0.266 e. The summed E-state index contributed by atoms with van der Waals surface area (Å²) in [6, 6.07) is 5.12. The molecule has 0 amide bonds. The molecule has 0 fully saturated rings. The zero-order valence-corrected chi connectivity index (χ0v) is 9.22. The molecule has 0 unspecified atom stereocenters. The number of guanidine groups is 1. The summed E-state index contributed by atoms with van der Waals surface area (Å²) in [5, 5.41) is 2.93. The highest BCUT2D eigenvalue weighted by atomic mass is 32.2. The predicted molar refractivity (Wildman–Crippen MR) is 58.5 cm³/mol. The second-order valence-electron chi connectivity index (χ2n) is 3.25. The van der Waals surface area contributed by atoms with Gasteiger partial charge in [-0.25, -0.2) is 13.1 Å². The third kappa shape index (κ3) is 1.56. The second kappa shape index (κ2) is 3.23. The van der Waals surface area contributed by atoms with Gasteiger partial charge in [0, 0.05) is 7.05 Å². The molecule has 0 bridgehead atoms. The third-order valence-electron chi connectivity index (χ3n) is 2.22. The van der Waals surface area contributed by atoms with E-state index in [0.717, 1.165) is 5.56 Å². The molecule has 5 nitrogen and oxygen atoms in total. The number of nitrogens with zero attached hydrogens (tertiary/aromatic N) is 1. The SMILES string of the molecule is CN=C1Nc2c(C)cccc2S(=O)(=O)N1. The van der Waals surface area contributed by atoms with Crippen LogP contribution in [0.15, 0.2) is 28.1 Å². The fourth-order valence-electron chi connectivity index (χ4n) is 1.45. The van der Waals surface area contributed by atoms with Crippen LogP contribution in [0.2, 0.25) is 0 Å². The lowest BCUT2D eigenvalue weighted by molar-refractivity contribution is 0.591. The van der Waals surface area contributed by atoms with Crippen molar-refractivity contribution in [3.8, 4) is 0 Å². The highest BCUT2D eigenvalue weighted by Crippen LogP contribution is 2.27. The van der Waals surface area contributed by atoms with Crippen LogP contribution < -0.4 is 10.0 Å². The number of hydrogen-bond acceptors (Lipinski definition) is 3. The van der Waals surface area contributed by atoms with Crippen LogP contribution in [0.3, 0.4) is 0 Å². The molecule has 0 aromatic heterocycles. The molecule has 2 N–H and O–H groups in total. The Morgan fingerprint density at radius 3 is 2.73 bits per heavy atom. The molecular weight excluding hydrogens is 214 g/mol. The molecule has 0 radical (unpaired) electrons. The Morgan fingerprint density at radius 2 is 2.07 bits per heavy atom. The quantitative estimate of drug-likeness (QED) is 0.682. The fourth-order valence-corrected chi connectivity index (χ4v) is 2.70. The molecule has 15 heavy (non-hydrogen) atoms. The number of nitrogens with one attached hydrogen (secondary N) is 2. The number of aliphatic imine (C=N–C) groups is 1. The highest BCUT2D eigenvalue weighted by Gasteiger charge is 2.26. The molecule has 0 spiro atoms. The van der Waals surface area contributed by atoms with Crippen molar-refractivity contribution in [2.24, 2.45) is 4.99 Å². The topological polar surface area (TPSA) is 70.6 Å². The molecule has 0 aliphatic carbocycles. The number of rotatable bonds is 0. The average Bonchev–Trinajstić information content (AvgIpc) is 2.18. The van der Waals surface area contributed by atoms with Gasteiger partial charge in [-0.05, 0) is 18.6 Å². The summed E-state index contributed by atoms with van der Waals surface area (Å²) in [6.45, 7) is 1.85. The Morgan fingerprint density at radius 1 is 1.33 bits per heavy atom. The van der Waals surface area contributed by atoms with Crippen molar-refractivity contribution in [1.82, 2.24) is 4.72 Å².